The Labute approximate surface area is 95.6 Å². The minimum absolute atomic E-state index is 1.07. The van der Waals surface area contributed by atoms with Crippen molar-refractivity contribution in [3.63, 3.8) is 0 Å². The minimum Gasteiger partial charge on any atom is -0.149 e. The predicted molar refractivity (Wildman–Crippen MR) is 67.8 cm³/mol. The van der Waals surface area contributed by atoms with Gasteiger partial charge >= 0.3 is 0 Å². The van der Waals surface area contributed by atoms with Gasteiger partial charge in [0.15, 0.2) is 0 Å². The van der Waals surface area contributed by atoms with Crippen LogP contribution in [0.3, 0.4) is 0 Å². The Morgan fingerprint density at radius 3 is 2.40 bits per heavy atom. The fourth-order valence-electron chi connectivity index (χ4n) is 1.81. The molecule has 2 aromatic rings. The van der Waals surface area contributed by atoms with Crippen molar-refractivity contribution in [1.29, 1.82) is 0 Å². The van der Waals surface area contributed by atoms with Crippen molar-refractivity contribution in [3.8, 4) is 0 Å². The predicted octanol–water partition coefficient (Wildman–Crippen LogP) is 4.26. The Morgan fingerprint density at radius 2 is 1.73 bits per heavy atom. The summed E-state index contributed by atoms with van der Waals surface area (Å²) in [6.45, 7) is 6.57. The van der Waals surface area contributed by atoms with Gasteiger partial charge in [-0.15, -0.1) is 11.3 Å². The third-order valence-corrected chi connectivity index (χ3v) is 3.77. The first-order valence-corrected chi connectivity index (χ1v) is 6.14. The molecule has 0 radical (unpaired) electrons. The molecule has 0 spiro atoms. The SMILES string of the molecule is Cc1cc(C)c(Cc2cccs2)cc1C. The molecule has 0 aliphatic heterocycles. The molecule has 1 heteroatoms. The molecule has 0 atom stereocenters. The number of rotatable bonds is 2. The smallest absolute Gasteiger partial charge is 0.00891 e. The molecule has 78 valence electrons. The van der Waals surface area contributed by atoms with Crippen molar-refractivity contribution in [2.45, 2.75) is 27.2 Å². The van der Waals surface area contributed by atoms with E-state index in [1.54, 1.807) is 0 Å². The summed E-state index contributed by atoms with van der Waals surface area (Å²) in [6, 6.07) is 8.94. The van der Waals surface area contributed by atoms with Crippen LogP contribution in [0.4, 0.5) is 0 Å². The minimum atomic E-state index is 1.07. The molecule has 0 aliphatic rings. The average Bonchev–Trinajstić information content (AvgIpc) is 2.67. The van der Waals surface area contributed by atoms with Crippen LogP contribution in [0.2, 0.25) is 0 Å². The van der Waals surface area contributed by atoms with Gasteiger partial charge in [-0.2, -0.15) is 0 Å². The number of hydrogen-bond donors (Lipinski definition) is 0. The van der Waals surface area contributed by atoms with Crippen LogP contribution in [0.5, 0.6) is 0 Å². The van der Waals surface area contributed by atoms with Crippen LogP contribution in [0, 0.1) is 20.8 Å². The molecule has 0 N–H and O–H groups in total. The van der Waals surface area contributed by atoms with Gasteiger partial charge in [0.1, 0.15) is 0 Å². The van der Waals surface area contributed by atoms with E-state index in [4.69, 9.17) is 0 Å². The van der Waals surface area contributed by atoms with Crippen LogP contribution >= 0.6 is 11.3 Å². The lowest BCUT2D eigenvalue weighted by Crippen LogP contribution is -1.93. The van der Waals surface area contributed by atoms with E-state index in [1.807, 2.05) is 11.3 Å². The number of benzene rings is 1. The highest BCUT2D eigenvalue weighted by molar-refractivity contribution is 7.09. The summed E-state index contributed by atoms with van der Waals surface area (Å²) in [5, 5.41) is 2.14. The summed E-state index contributed by atoms with van der Waals surface area (Å²) in [7, 11) is 0. The Kier molecular flexibility index (Phi) is 2.92. The van der Waals surface area contributed by atoms with E-state index in [2.05, 4.69) is 50.4 Å². The molecule has 0 amide bonds. The van der Waals surface area contributed by atoms with Gasteiger partial charge in [-0.05, 0) is 54.5 Å². The van der Waals surface area contributed by atoms with Gasteiger partial charge in [0, 0.05) is 11.3 Å². The second kappa shape index (κ2) is 4.19. The summed E-state index contributed by atoms with van der Waals surface area (Å²) >= 11 is 1.84. The van der Waals surface area contributed by atoms with Gasteiger partial charge in [0.25, 0.3) is 0 Å². The average molecular weight is 216 g/mol. The second-order valence-corrected chi connectivity index (χ2v) is 5.15. The molecule has 0 unspecified atom stereocenters. The third-order valence-electron chi connectivity index (χ3n) is 2.90. The van der Waals surface area contributed by atoms with Gasteiger partial charge < -0.3 is 0 Å². The molecule has 0 saturated carbocycles. The van der Waals surface area contributed by atoms with Crippen molar-refractivity contribution in [1.82, 2.24) is 0 Å². The molecular formula is C14H16S. The zero-order chi connectivity index (χ0) is 10.8. The van der Waals surface area contributed by atoms with Gasteiger partial charge in [0.05, 0.1) is 0 Å². The molecule has 2 rings (SSSR count). The largest absolute Gasteiger partial charge is 0.149 e. The van der Waals surface area contributed by atoms with Crippen LogP contribution in [0.25, 0.3) is 0 Å². The normalized spacial score (nSPS) is 10.6. The van der Waals surface area contributed by atoms with E-state index in [9.17, 15) is 0 Å². The molecule has 0 saturated heterocycles. The molecule has 0 bridgehead atoms. The Hall–Kier alpha value is -1.08. The lowest BCUT2D eigenvalue weighted by atomic mass is 9.98. The molecule has 1 aromatic heterocycles. The highest BCUT2D eigenvalue weighted by atomic mass is 32.1. The van der Waals surface area contributed by atoms with Crippen LogP contribution in [-0.2, 0) is 6.42 Å². The maximum absolute atomic E-state index is 2.32. The van der Waals surface area contributed by atoms with Crippen molar-refractivity contribution < 1.29 is 0 Å². The van der Waals surface area contributed by atoms with E-state index in [0.29, 0.717) is 0 Å². The first kappa shape index (κ1) is 10.4. The number of thiophene rings is 1. The van der Waals surface area contributed by atoms with Crippen LogP contribution < -0.4 is 0 Å². The Balaban J connectivity index is 2.33. The molecule has 0 aliphatic carbocycles. The Bertz CT molecular complexity index is 452. The van der Waals surface area contributed by atoms with Gasteiger partial charge in [-0.25, -0.2) is 0 Å². The quantitative estimate of drug-likeness (QED) is 0.703. The van der Waals surface area contributed by atoms with E-state index in [1.165, 1.54) is 27.1 Å². The lowest BCUT2D eigenvalue weighted by molar-refractivity contribution is 1.16. The summed E-state index contributed by atoms with van der Waals surface area (Å²) in [4.78, 5) is 1.45. The zero-order valence-corrected chi connectivity index (χ0v) is 10.3. The molecule has 0 fully saturated rings. The molecule has 0 nitrogen and oxygen atoms in total. The van der Waals surface area contributed by atoms with E-state index < -0.39 is 0 Å². The summed E-state index contributed by atoms with van der Waals surface area (Å²) in [5.41, 5.74) is 5.65. The highest BCUT2D eigenvalue weighted by Crippen LogP contribution is 2.20. The third kappa shape index (κ3) is 2.29. The van der Waals surface area contributed by atoms with Crippen molar-refractivity contribution in [3.05, 3.63) is 56.8 Å². The van der Waals surface area contributed by atoms with Crippen LogP contribution in [-0.4, -0.2) is 0 Å². The molecule has 15 heavy (non-hydrogen) atoms. The van der Waals surface area contributed by atoms with Crippen molar-refractivity contribution >= 4 is 11.3 Å². The van der Waals surface area contributed by atoms with Crippen LogP contribution in [0.15, 0.2) is 29.6 Å². The fraction of sp³-hybridized carbons (Fsp3) is 0.286. The van der Waals surface area contributed by atoms with E-state index in [-0.39, 0.29) is 0 Å². The summed E-state index contributed by atoms with van der Waals surface area (Å²) in [6.07, 6.45) is 1.07. The maximum Gasteiger partial charge on any atom is 0.00891 e. The summed E-state index contributed by atoms with van der Waals surface area (Å²) < 4.78 is 0. The van der Waals surface area contributed by atoms with Crippen molar-refractivity contribution in [2.75, 3.05) is 0 Å². The van der Waals surface area contributed by atoms with Crippen molar-refractivity contribution in [2.24, 2.45) is 0 Å². The van der Waals surface area contributed by atoms with Gasteiger partial charge in [0.2, 0.25) is 0 Å². The van der Waals surface area contributed by atoms with Crippen LogP contribution in [0.1, 0.15) is 27.1 Å². The Morgan fingerprint density at radius 1 is 1.00 bits per heavy atom. The first-order valence-electron chi connectivity index (χ1n) is 5.26. The standard InChI is InChI=1S/C14H16S/c1-10-7-12(3)13(8-11(10)2)9-14-5-4-6-15-14/h4-8H,9H2,1-3H3. The number of aryl methyl sites for hydroxylation is 3. The lowest BCUT2D eigenvalue weighted by Gasteiger charge is -2.08. The first-order chi connectivity index (χ1) is 7.16. The molecule has 1 aromatic carbocycles. The molecule has 1 heterocycles. The number of hydrogen-bond acceptors (Lipinski definition) is 1. The highest BCUT2D eigenvalue weighted by Gasteiger charge is 2.03. The fourth-order valence-corrected chi connectivity index (χ4v) is 2.54. The van der Waals surface area contributed by atoms with E-state index in [0.717, 1.165) is 6.42 Å². The van der Waals surface area contributed by atoms with Gasteiger partial charge in [-0.3, -0.25) is 0 Å². The maximum atomic E-state index is 2.32. The topological polar surface area (TPSA) is 0 Å². The van der Waals surface area contributed by atoms with Gasteiger partial charge in [-0.1, -0.05) is 18.2 Å². The molecular weight excluding hydrogens is 200 g/mol. The van der Waals surface area contributed by atoms with E-state index >= 15 is 0 Å². The zero-order valence-electron chi connectivity index (χ0n) is 9.50. The second-order valence-electron chi connectivity index (χ2n) is 4.12. The summed E-state index contributed by atoms with van der Waals surface area (Å²) in [5.74, 6) is 0. The monoisotopic (exact) mass is 216 g/mol.